The van der Waals surface area contributed by atoms with Gasteiger partial charge in [-0.2, -0.15) is 0 Å². The average Bonchev–Trinajstić information content (AvgIpc) is 2.53. The standard InChI is InChI=1S/C17H28ClN3O3S.HI/c1-17(2,3)25(22,23)11-10-21-16(19-4)20-9-8-13-6-7-14(24-5)12-15(13)18;/h6-7,12H,8-11H2,1-5H3,(H2,19,20,21);1H. The number of rotatable bonds is 7. The number of guanidine groups is 1. The molecule has 0 aliphatic heterocycles. The zero-order valence-electron chi connectivity index (χ0n) is 15.9. The Morgan fingerprint density at radius 2 is 1.85 bits per heavy atom. The van der Waals surface area contributed by atoms with Crippen LogP contribution in [0.4, 0.5) is 0 Å². The molecule has 1 rings (SSSR count). The first-order valence-electron chi connectivity index (χ1n) is 8.10. The first-order chi connectivity index (χ1) is 11.6. The summed E-state index contributed by atoms with van der Waals surface area (Å²) in [6.45, 7) is 6.04. The zero-order chi connectivity index (χ0) is 19.1. The molecule has 0 radical (unpaired) electrons. The molecule has 0 amide bonds. The number of hydrogen-bond donors (Lipinski definition) is 2. The summed E-state index contributed by atoms with van der Waals surface area (Å²) in [6.07, 6.45) is 0.712. The second kappa shape index (κ2) is 11.2. The Bertz CT molecular complexity index is 704. The Morgan fingerprint density at radius 3 is 2.35 bits per heavy atom. The molecule has 0 aromatic heterocycles. The molecule has 0 bridgehead atoms. The monoisotopic (exact) mass is 517 g/mol. The molecule has 0 heterocycles. The Labute approximate surface area is 179 Å². The molecule has 0 aliphatic carbocycles. The van der Waals surface area contributed by atoms with Gasteiger partial charge in [0.05, 0.1) is 17.6 Å². The number of methoxy groups -OCH3 is 1. The molecule has 0 unspecified atom stereocenters. The molecule has 9 heteroatoms. The summed E-state index contributed by atoms with van der Waals surface area (Å²) in [5, 5.41) is 6.83. The molecule has 1 aromatic rings. The van der Waals surface area contributed by atoms with E-state index < -0.39 is 14.6 Å². The van der Waals surface area contributed by atoms with E-state index in [4.69, 9.17) is 16.3 Å². The molecule has 26 heavy (non-hydrogen) atoms. The van der Waals surface area contributed by atoms with Gasteiger partial charge in [0.25, 0.3) is 0 Å². The maximum atomic E-state index is 12.1. The molecule has 0 atom stereocenters. The maximum absolute atomic E-state index is 12.1. The third kappa shape index (κ3) is 7.87. The minimum atomic E-state index is -3.15. The van der Waals surface area contributed by atoms with Gasteiger partial charge in [-0.25, -0.2) is 8.42 Å². The van der Waals surface area contributed by atoms with Gasteiger partial charge in [-0.05, 0) is 44.9 Å². The van der Waals surface area contributed by atoms with E-state index in [9.17, 15) is 8.42 Å². The highest BCUT2D eigenvalue weighted by Crippen LogP contribution is 2.22. The largest absolute Gasteiger partial charge is 0.497 e. The van der Waals surface area contributed by atoms with Gasteiger partial charge in [0, 0.05) is 25.2 Å². The fraction of sp³-hybridized carbons (Fsp3) is 0.588. The van der Waals surface area contributed by atoms with E-state index in [1.807, 2.05) is 12.1 Å². The highest BCUT2D eigenvalue weighted by molar-refractivity contribution is 14.0. The van der Waals surface area contributed by atoms with Gasteiger partial charge in [0.15, 0.2) is 15.8 Å². The van der Waals surface area contributed by atoms with Crippen LogP contribution < -0.4 is 15.4 Å². The number of halogens is 2. The summed E-state index contributed by atoms with van der Waals surface area (Å²) in [6, 6.07) is 5.57. The van der Waals surface area contributed by atoms with Gasteiger partial charge >= 0.3 is 0 Å². The SMILES string of the molecule is CN=C(NCCc1ccc(OC)cc1Cl)NCCS(=O)(=O)C(C)(C)C.I. The molecule has 0 aliphatic rings. The lowest BCUT2D eigenvalue weighted by Gasteiger charge is -2.19. The van der Waals surface area contributed by atoms with E-state index >= 15 is 0 Å². The third-order valence-electron chi connectivity index (χ3n) is 3.77. The van der Waals surface area contributed by atoms with Crippen molar-refractivity contribution >= 4 is 51.4 Å². The number of benzene rings is 1. The molecule has 1 aromatic carbocycles. The van der Waals surface area contributed by atoms with Crippen LogP contribution in [0.3, 0.4) is 0 Å². The van der Waals surface area contributed by atoms with Crippen LogP contribution in [0, 0.1) is 0 Å². The normalized spacial score (nSPS) is 12.3. The van der Waals surface area contributed by atoms with Crippen molar-refractivity contribution in [2.75, 3.05) is 33.0 Å². The van der Waals surface area contributed by atoms with Gasteiger partial charge in [0.2, 0.25) is 0 Å². The Kier molecular flexibility index (Phi) is 10.9. The lowest BCUT2D eigenvalue weighted by Crippen LogP contribution is -2.42. The summed E-state index contributed by atoms with van der Waals surface area (Å²) >= 11 is 6.21. The molecule has 0 saturated carbocycles. The second-order valence-corrected chi connectivity index (χ2v) is 9.83. The molecule has 6 nitrogen and oxygen atoms in total. The second-order valence-electron chi connectivity index (χ2n) is 6.56. The van der Waals surface area contributed by atoms with E-state index in [0.29, 0.717) is 30.5 Å². The van der Waals surface area contributed by atoms with Crippen molar-refractivity contribution in [3.8, 4) is 5.75 Å². The van der Waals surface area contributed by atoms with Crippen molar-refractivity contribution in [1.29, 1.82) is 0 Å². The predicted molar refractivity (Wildman–Crippen MR) is 120 cm³/mol. The fourth-order valence-electron chi connectivity index (χ4n) is 2.00. The number of nitrogens with one attached hydrogen (secondary N) is 2. The first kappa shape index (κ1) is 25.3. The number of ether oxygens (including phenoxy) is 1. The Morgan fingerprint density at radius 1 is 1.23 bits per heavy atom. The van der Waals surface area contributed by atoms with E-state index in [1.165, 1.54) is 0 Å². The highest BCUT2D eigenvalue weighted by Gasteiger charge is 2.28. The molecule has 2 N–H and O–H groups in total. The highest BCUT2D eigenvalue weighted by atomic mass is 127. The van der Waals surface area contributed by atoms with Crippen molar-refractivity contribution in [3.05, 3.63) is 28.8 Å². The lowest BCUT2D eigenvalue weighted by atomic mass is 10.1. The summed E-state index contributed by atoms with van der Waals surface area (Å²) in [4.78, 5) is 4.10. The summed E-state index contributed by atoms with van der Waals surface area (Å²) < 4.78 is 28.5. The summed E-state index contributed by atoms with van der Waals surface area (Å²) in [5.74, 6) is 1.34. The van der Waals surface area contributed by atoms with Crippen molar-refractivity contribution < 1.29 is 13.2 Å². The van der Waals surface area contributed by atoms with E-state index in [1.54, 1.807) is 41.0 Å². The quantitative estimate of drug-likeness (QED) is 0.330. The molecule has 0 spiro atoms. The smallest absolute Gasteiger partial charge is 0.191 e. The van der Waals surface area contributed by atoms with E-state index in [2.05, 4.69) is 15.6 Å². The van der Waals surface area contributed by atoms with E-state index in [0.717, 1.165) is 11.3 Å². The Hall–Kier alpha value is -0.740. The topological polar surface area (TPSA) is 79.8 Å². The van der Waals surface area contributed by atoms with Crippen LogP contribution in [0.5, 0.6) is 5.75 Å². The van der Waals surface area contributed by atoms with Crippen molar-refractivity contribution in [3.63, 3.8) is 0 Å². The van der Waals surface area contributed by atoms with Crippen molar-refractivity contribution in [1.82, 2.24) is 10.6 Å². The van der Waals surface area contributed by atoms with Crippen molar-refractivity contribution in [2.45, 2.75) is 31.9 Å². The van der Waals surface area contributed by atoms with Crippen LogP contribution in [0.15, 0.2) is 23.2 Å². The van der Waals surface area contributed by atoms with Gasteiger partial charge in [-0.3, -0.25) is 4.99 Å². The summed E-state index contributed by atoms with van der Waals surface area (Å²) in [5.41, 5.74) is 1.00. The minimum absolute atomic E-state index is 0. The van der Waals surface area contributed by atoms with Crippen LogP contribution in [0.1, 0.15) is 26.3 Å². The van der Waals surface area contributed by atoms with Crippen LogP contribution in [0.2, 0.25) is 5.02 Å². The van der Waals surface area contributed by atoms with Crippen LogP contribution in [-0.4, -0.2) is 52.1 Å². The van der Waals surface area contributed by atoms with Crippen LogP contribution in [-0.2, 0) is 16.3 Å². The van der Waals surface area contributed by atoms with Crippen LogP contribution >= 0.6 is 35.6 Å². The van der Waals surface area contributed by atoms with E-state index in [-0.39, 0.29) is 29.7 Å². The third-order valence-corrected chi connectivity index (χ3v) is 6.73. The Balaban J connectivity index is 0.00000625. The van der Waals surface area contributed by atoms with Gasteiger partial charge in [0.1, 0.15) is 5.75 Å². The van der Waals surface area contributed by atoms with Gasteiger partial charge in [-0.15, -0.1) is 24.0 Å². The van der Waals surface area contributed by atoms with Gasteiger partial charge < -0.3 is 15.4 Å². The molecule has 150 valence electrons. The van der Waals surface area contributed by atoms with Gasteiger partial charge in [-0.1, -0.05) is 17.7 Å². The maximum Gasteiger partial charge on any atom is 0.191 e. The number of hydrogen-bond acceptors (Lipinski definition) is 4. The number of aliphatic imine (C=N–C) groups is 1. The molecule has 0 saturated heterocycles. The van der Waals surface area contributed by atoms with Crippen LogP contribution in [0.25, 0.3) is 0 Å². The first-order valence-corrected chi connectivity index (χ1v) is 10.1. The average molecular weight is 518 g/mol. The predicted octanol–water partition coefficient (Wildman–Crippen LogP) is 2.89. The molecular formula is C17H29ClIN3O3S. The molecule has 0 fully saturated rings. The summed E-state index contributed by atoms with van der Waals surface area (Å²) in [7, 11) is 0.0944. The lowest BCUT2D eigenvalue weighted by molar-refractivity contribution is 0.414. The fourth-order valence-corrected chi connectivity index (χ4v) is 3.25. The zero-order valence-corrected chi connectivity index (χ0v) is 19.8. The number of sulfone groups is 1. The minimum Gasteiger partial charge on any atom is -0.497 e. The molecular weight excluding hydrogens is 489 g/mol. The van der Waals surface area contributed by atoms with Crippen molar-refractivity contribution in [2.24, 2.45) is 4.99 Å². The number of nitrogens with zero attached hydrogens (tertiary/aromatic N) is 1.